The summed E-state index contributed by atoms with van der Waals surface area (Å²) in [6, 6.07) is 0. The van der Waals surface area contributed by atoms with Crippen LogP contribution in [0.5, 0.6) is 0 Å². The van der Waals surface area contributed by atoms with Crippen LogP contribution in [0.25, 0.3) is 0 Å². The topological polar surface area (TPSA) is 47.0 Å². The fourth-order valence-electron chi connectivity index (χ4n) is 0.907. The lowest BCUT2D eigenvalue weighted by atomic mass is 10.4. The van der Waals surface area contributed by atoms with E-state index in [4.69, 9.17) is 4.74 Å². The van der Waals surface area contributed by atoms with Crippen LogP contribution >= 0.6 is 15.9 Å². The Kier molecular flexibility index (Phi) is 5.96. The second kappa shape index (κ2) is 7.36. The smallest absolute Gasteiger partial charge is 0.222 e. The second-order valence-corrected chi connectivity index (χ2v) is 3.76. The molecule has 82 valence electrons. The van der Waals surface area contributed by atoms with E-state index in [0.29, 0.717) is 25.7 Å². The molecule has 0 bridgehead atoms. The quantitative estimate of drug-likeness (QED) is 0.611. The minimum atomic E-state index is 0.616. The van der Waals surface area contributed by atoms with Gasteiger partial charge >= 0.3 is 0 Å². The Hall–Kier alpha value is -0.940. The first-order valence-corrected chi connectivity index (χ1v) is 5.52. The Morgan fingerprint density at radius 2 is 2.13 bits per heavy atom. The van der Waals surface area contributed by atoms with E-state index in [0.717, 1.165) is 10.9 Å². The summed E-state index contributed by atoms with van der Waals surface area (Å²) in [7, 11) is 0. The molecule has 0 saturated heterocycles. The fourth-order valence-corrected chi connectivity index (χ4v) is 1.11. The Balaban J connectivity index is 2.09. The standard InChI is InChI=1S/C10H14BrN3O/c1-2-3-5-15-6-4-12-10-13-7-9(11)8-14-10/h2,7-8H,1,3-6H2,(H,12,13,14). The molecule has 0 amide bonds. The van der Waals surface area contributed by atoms with Gasteiger partial charge in [0.25, 0.3) is 0 Å². The summed E-state index contributed by atoms with van der Waals surface area (Å²) in [5.74, 6) is 0.616. The van der Waals surface area contributed by atoms with Crippen molar-refractivity contribution in [3.63, 3.8) is 0 Å². The van der Waals surface area contributed by atoms with E-state index in [1.807, 2.05) is 6.08 Å². The Morgan fingerprint density at radius 3 is 2.80 bits per heavy atom. The molecule has 0 spiro atoms. The van der Waals surface area contributed by atoms with Gasteiger partial charge in [0.05, 0.1) is 17.7 Å². The monoisotopic (exact) mass is 271 g/mol. The SMILES string of the molecule is C=CCCOCCNc1ncc(Br)cn1. The molecule has 5 heteroatoms. The van der Waals surface area contributed by atoms with Gasteiger partial charge in [0.2, 0.25) is 5.95 Å². The molecule has 0 aromatic carbocycles. The molecule has 0 unspecified atom stereocenters. The Labute approximate surface area is 97.9 Å². The van der Waals surface area contributed by atoms with Crippen molar-refractivity contribution in [2.75, 3.05) is 25.1 Å². The van der Waals surface area contributed by atoms with Crippen LogP contribution in [-0.2, 0) is 4.74 Å². The average Bonchev–Trinajstić information content (AvgIpc) is 2.26. The molecule has 1 aromatic heterocycles. The highest BCUT2D eigenvalue weighted by atomic mass is 79.9. The van der Waals surface area contributed by atoms with E-state index in [1.165, 1.54) is 0 Å². The van der Waals surface area contributed by atoms with Crippen LogP contribution < -0.4 is 5.32 Å². The molecule has 0 radical (unpaired) electrons. The summed E-state index contributed by atoms with van der Waals surface area (Å²) in [5, 5.41) is 3.05. The van der Waals surface area contributed by atoms with Crippen molar-refractivity contribution in [3.8, 4) is 0 Å². The molecule has 1 aromatic rings. The van der Waals surface area contributed by atoms with Crippen molar-refractivity contribution >= 4 is 21.9 Å². The maximum Gasteiger partial charge on any atom is 0.222 e. The van der Waals surface area contributed by atoms with Gasteiger partial charge in [0, 0.05) is 18.9 Å². The number of aromatic nitrogens is 2. The van der Waals surface area contributed by atoms with E-state index >= 15 is 0 Å². The largest absolute Gasteiger partial charge is 0.379 e. The summed E-state index contributed by atoms with van der Waals surface area (Å²) >= 11 is 3.27. The molecule has 0 saturated carbocycles. The zero-order valence-corrected chi connectivity index (χ0v) is 10.0. The third-order valence-electron chi connectivity index (χ3n) is 1.62. The van der Waals surface area contributed by atoms with Gasteiger partial charge in [-0.3, -0.25) is 0 Å². The first-order chi connectivity index (χ1) is 7.33. The highest BCUT2D eigenvalue weighted by Crippen LogP contribution is 2.06. The molecular weight excluding hydrogens is 258 g/mol. The van der Waals surface area contributed by atoms with Gasteiger partial charge in [-0.1, -0.05) is 6.08 Å². The third-order valence-corrected chi connectivity index (χ3v) is 2.03. The lowest BCUT2D eigenvalue weighted by Gasteiger charge is -2.04. The second-order valence-electron chi connectivity index (χ2n) is 2.84. The van der Waals surface area contributed by atoms with Crippen LogP contribution in [0.15, 0.2) is 29.5 Å². The summed E-state index contributed by atoms with van der Waals surface area (Å²) in [4.78, 5) is 8.14. The van der Waals surface area contributed by atoms with E-state index in [2.05, 4.69) is 37.8 Å². The molecule has 15 heavy (non-hydrogen) atoms. The van der Waals surface area contributed by atoms with Crippen molar-refractivity contribution in [1.82, 2.24) is 9.97 Å². The van der Waals surface area contributed by atoms with E-state index in [9.17, 15) is 0 Å². The summed E-state index contributed by atoms with van der Waals surface area (Å²) < 4.78 is 6.19. The van der Waals surface area contributed by atoms with Gasteiger partial charge in [-0.15, -0.1) is 6.58 Å². The number of nitrogens with zero attached hydrogens (tertiary/aromatic N) is 2. The molecule has 4 nitrogen and oxygen atoms in total. The molecule has 1 rings (SSSR count). The Bertz CT molecular complexity index is 289. The van der Waals surface area contributed by atoms with Crippen molar-refractivity contribution in [1.29, 1.82) is 0 Å². The van der Waals surface area contributed by atoms with Crippen LogP contribution in [0.2, 0.25) is 0 Å². The van der Waals surface area contributed by atoms with Gasteiger partial charge in [0.1, 0.15) is 0 Å². The normalized spacial score (nSPS) is 9.93. The van der Waals surface area contributed by atoms with Gasteiger partial charge < -0.3 is 10.1 Å². The predicted octanol–water partition coefficient (Wildman–Crippen LogP) is 2.24. The molecule has 1 heterocycles. The summed E-state index contributed by atoms with van der Waals surface area (Å²) in [6.45, 7) is 5.68. The lowest BCUT2D eigenvalue weighted by Crippen LogP contribution is -2.11. The fraction of sp³-hybridized carbons (Fsp3) is 0.400. The van der Waals surface area contributed by atoms with Gasteiger partial charge in [0.15, 0.2) is 0 Å². The Morgan fingerprint density at radius 1 is 1.40 bits per heavy atom. The van der Waals surface area contributed by atoms with E-state index < -0.39 is 0 Å². The van der Waals surface area contributed by atoms with Gasteiger partial charge in [-0.05, 0) is 22.4 Å². The number of hydrogen-bond donors (Lipinski definition) is 1. The number of halogens is 1. The number of rotatable bonds is 7. The first-order valence-electron chi connectivity index (χ1n) is 4.73. The van der Waals surface area contributed by atoms with Crippen molar-refractivity contribution in [3.05, 3.63) is 29.5 Å². The number of nitrogens with one attached hydrogen (secondary N) is 1. The molecule has 1 N–H and O–H groups in total. The molecule has 0 aliphatic rings. The first kappa shape index (κ1) is 12.1. The maximum atomic E-state index is 5.32. The molecule has 0 aliphatic carbocycles. The van der Waals surface area contributed by atoms with Crippen LogP contribution in [0, 0.1) is 0 Å². The maximum absolute atomic E-state index is 5.32. The van der Waals surface area contributed by atoms with Crippen molar-refractivity contribution in [2.45, 2.75) is 6.42 Å². The van der Waals surface area contributed by atoms with Crippen LogP contribution in [0.3, 0.4) is 0 Å². The highest BCUT2D eigenvalue weighted by molar-refractivity contribution is 9.10. The minimum Gasteiger partial charge on any atom is -0.379 e. The van der Waals surface area contributed by atoms with Crippen molar-refractivity contribution in [2.24, 2.45) is 0 Å². The average molecular weight is 272 g/mol. The highest BCUT2D eigenvalue weighted by Gasteiger charge is 1.94. The molecule has 0 atom stereocenters. The lowest BCUT2D eigenvalue weighted by molar-refractivity contribution is 0.149. The third kappa shape index (κ3) is 5.49. The van der Waals surface area contributed by atoms with Crippen LogP contribution in [0.1, 0.15) is 6.42 Å². The number of anilines is 1. The van der Waals surface area contributed by atoms with Gasteiger partial charge in [-0.25, -0.2) is 9.97 Å². The molecule has 0 aliphatic heterocycles. The zero-order valence-electron chi connectivity index (χ0n) is 8.45. The van der Waals surface area contributed by atoms with Crippen LogP contribution in [-0.4, -0.2) is 29.7 Å². The van der Waals surface area contributed by atoms with Crippen LogP contribution in [0.4, 0.5) is 5.95 Å². The zero-order chi connectivity index (χ0) is 10.9. The molecule has 0 fully saturated rings. The van der Waals surface area contributed by atoms with E-state index in [1.54, 1.807) is 12.4 Å². The number of ether oxygens (including phenoxy) is 1. The molecular formula is C10H14BrN3O. The van der Waals surface area contributed by atoms with Gasteiger partial charge in [-0.2, -0.15) is 0 Å². The summed E-state index contributed by atoms with van der Waals surface area (Å²) in [6.07, 6.45) is 6.13. The summed E-state index contributed by atoms with van der Waals surface area (Å²) in [5.41, 5.74) is 0. The van der Waals surface area contributed by atoms with E-state index in [-0.39, 0.29) is 0 Å². The predicted molar refractivity (Wildman–Crippen MR) is 63.9 cm³/mol. The minimum absolute atomic E-state index is 0.616. The van der Waals surface area contributed by atoms with Crippen molar-refractivity contribution < 1.29 is 4.74 Å². The number of hydrogen-bond acceptors (Lipinski definition) is 4.